The van der Waals surface area contributed by atoms with Crippen LogP contribution >= 0.6 is 31.9 Å². The highest BCUT2D eigenvalue weighted by Crippen LogP contribution is 2.37. The Balaban J connectivity index is 2.24. The standard InChI is InChI=1S/C14H20Br2N2O2S/c1-21(19,20)13-4-2-3-9(7-13)14(18-17)10-5-11(15)8-12(16)6-10/h5-6,8-9,13-14,18H,2-4,7,17H2,1H3. The highest BCUT2D eigenvalue weighted by Gasteiger charge is 2.33. The van der Waals surface area contributed by atoms with Crippen molar-refractivity contribution < 1.29 is 8.42 Å². The fourth-order valence-corrected chi connectivity index (χ4v) is 5.65. The molecule has 1 aliphatic rings. The number of benzene rings is 1. The molecule has 21 heavy (non-hydrogen) atoms. The maximum Gasteiger partial charge on any atom is 0.150 e. The molecule has 118 valence electrons. The van der Waals surface area contributed by atoms with Gasteiger partial charge < -0.3 is 0 Å². The second kappa shape index (κ2) is 7.08. The summed E-state index contributed by atoms with van der Waals surface area (Å²) >= 11 is 6.97. The van der Waals surface area contributed by atoms with Crippen molar-refractivity contribution in [3.63, 3.8) is 0 Å². The predicted molar refractivity (Wildman–Crippen MR) is 92.5 cm³/mol. The van der Waals surface area contributed by atoms with E-state index in [0.29, 0.717) is 6.42 Å². The highest BCUT2D eigenvalue weighted by atomic mass is 79.9. The lowest BCUT2D eigenvalue weighted by atomic mass is 9.81. The van der Waals surface area contributed by atoms with Crippen molar-refractivity contribution in [2.45, 2.75) is 37.0 Å². The Labute approximate surface area is 143 Å². The Morgan fingerprint density at radius 2 is 1.86 bits per heavy atom. The molecule has 4 nitrogen and oxygen atoms in total. The lowest BCUT2D eigenvalue weighted by Gasteiger charge is -2.34. The molecular weight excluding hydrogens is 420 g/mol. The van der Waals surface area contributed by atoms with Crippen LogP contribution in [0.2, 0.25) is 0 Å². The van der Waals surface area contributed by atoms with Gasteiger partial charge in [0.05, 0.1) is 5.25 Å². The van der Waals surface area contributed by atoms with Crippen LogP contribution in [-0.4, -0.2) is 19.9 Å². The number of nitrogens with one attached hydrogen (secondary N) is 1. The van der Waals surface area contributed by atoms with E-state index in [1.807, 2.05) is 18.2 Å². The maximum atomic E-state index is 11.8. The van der Waals surface area contributed by atoms with Crippen LogP contribution in [0.3, 0.4) is 0 Å². The quantitative estimate of drug-likeness (QED) is 0.557. The molecule has 1 aromatic carbocycles. The minimum Gasteiger partial charge on any atom is -0.271 e. The van der Waals surface area contributed by atoms with E-state index < -0.39 is 9.84 Å². The lowest BCUT2D eigenvalue weighted by molar-refractivity contribution is 0.274. The van der Waals surface area contributed by atoms with Gasteiger partial charge in [0, 0.05) is 21.2 Å². The largest absolute Gasteiger partial charge is 0.271 e. The normalized spacial score (nSPS) is 24.8. The number of hydrogen-bond acceptors (Lipinski definition) is 4. The fourth-order valence-electron chi connectivity index (χ4n) is 3.13. The van der Waals surface area contributed by atoms with Gasteiger partial charge in [0.25, 0.3) is 0 Å². The molecule has 1 aliphatic carbocycles. The predicted octanol–water partition coefficient (Wildman–Crippen LogP) is 3.32. The monoisotopic (exact) mass is 438 g/mol. The molecule has 0 heterocycles. The summed E-state index contributed by atoms with van der Waals surface area (Å²) < 4.78 is 25.6. The molecular formula is C14H20Br2N2O2S. The molecule has 3 N–H and O–H groups in total. The van der Waals surface area contributed by atoms with E-state index >= 15 is 0 Å². The molecule has 7 heteroatoms. The molecule has 2 rings (SSSR count). The molecule has 0 spiro atoms. The van der Waals surface area contributed by atoms with Crippen LogP contribution in [0.4, 0.5) is 0 Å². The fraction of sp³-hybridized carbons (Fsp3) is 0.571. The van der Waals surface area contributed by atoms with Crippen molar-refractivity contribution in [1.82, 2.24) is 5.43 Å². The summed E-state index contributed by atoms with van der Waals surface area (Å²) in [6, 6.07) is 5.99. The minimum absolute atomic E-state index is 0.0386. The summed E-state index contributed by atoms with van der Waals surface area (Å²) in [5.41, 5.74) is 3.95. The van der Waals surface area contributed by atoms with Gasteiger partial charge in [0.15, 0.2) is 0 Å². The molecule has 1 fully saturated rings. The van der Waals surface area contributed by atoms with E-state index in [4.69, 9.17) is 5.84 Å². The van der Waals surface area contributed by atoms with Gasteiger partial charge in [-0.2, -0.15) is 0 Å². The third kappa shape index (κ3) is 4.51. The lowest BCUT2D eigenvalue weighted by Crippen LogP contribution is -2.38. The zero-order valence-corrected chi connectivity index (χ0v) is 15.8. The van der Waals surface area contributed by atoms with Gasteiger partial charge in [0.2, 0.25) is 0 Å². The summed E-state index contributed by atoms with van der Waals surface area (Å²) in [5, 5.41) is -0.248. The van der Waals surface area contributed by atoms with Crippen molar-refractivity contribution in [3.8, 4) is 0 Å². The van der Waals surface area contributed by atoms with E-state index in [0.717, 1.165) is 33.8 Å². The highest BCUT2D eigenvalue weighted by molar-refractivity contribution is 9.11. The van der Waals surface area contributed by atoms with Crippen LogP contribution < -0.4 is 11.3 Å². The number of hydrazine groups is 1. The molecule has 0 aliphatic heterocycles. The van der Waals surface area contributed by atoms with E-state index in [-0.39, 0.29) is 17.2 Å². The van der Waals surface area contributed by atoms with Gasteiger partial charge in [-0.25, -0.2) is 8.42 Å². The van der Waals surface area contributed by atoms with Crippen molar-refractivity contribution in [3.05, 3.63) is 32.7 Å². The van der Waals surface area contributed by atoms with E-state index in [9.17, 15) is 8.42 Å². The molecule has 0 saturated heterocycles. The van der Waals surface area contributed by atoms with Crippen LogP contribution in [0.15, 0.2) is 27.1 Å². The number of halogens is 2. The average Bonchev–Trinajstić information content (AvgIpc) is 2.38. The molecule has 3 unspecified atom stereocenters. The molecule has 0 bridgehead atoms. The Morgan fingerprint density at radius 1 is 1.24 bits per heavy atom. The van der Waals surface area contributed by atoms with Crippen molar-refractivity contribution in [2.75, 3.05) is 6.26 Å². The first-order chi connectivity index (χ1) is 9.81. The van der Waals surface area contributed by atoms with Crippen molar-refractivity contribution in [1.29, 1.82) is 0 Å². The number of sulfone groups is 1. The van der Waals surface area contributed by atoms with Gasteiger partial charge in [-0.05, 0) is 48.9 Å². The molecule has 1 saturated carbocycles. The second-order valence-electron chi connectivity index (χ2n) is 5.73. The zero-order valence-electron chi connectivity index (χ0n) is 11.9. The van der Waals surface area contributed by atoms with Crippen LogP contribution in [0.1, 0.15) is 37.3 Å². The smallest absolute Gasteiger partial charge is 0.150 e. The van der Waals surface area contributed by atoms with Crippen LogP contribution in [0, 0.1) is 5.92 Å². The molecule has 3 atom stereocenters. The second-order valence-corrected chi connectivity index (χ2v) is 9.88. The summed E-state index contributed by atoms with van der Waals surface area (Å²) in [4.78, 5) is 0. The molecule has 0 amide bonds. The Bertz CT molecular complexity index is 587. The molecule has 0 aromatic heterocycles. The summed E-state index contributed by atoms with van der Waals surface area (Å²) in [5.74, 6) is 5.99. The van der Waals surface area contributed by atoms with Crippen LogP contribution in [0.25, 0.3) is 0 Å². The van der Waals surface area contributed by atoms with Crippen molar-refractivity contribution >= 4 is 41.7 Å². The van der Waals surface area contributed by atoms with E-state index in [1.165, 1.54) is 6.26 Å². The van der Waals surface area contributed by atoms with Crippen LogP contribution in [-0.2, 0) is 9.84 Å². The first kappa shape index (κ1) is 17.4. The van der Waals surface area contributed by atoms with E-state index in [2.05, 4.69) is 37.3 Å². The Kier molecular flexibility index (Phi) is 5.87. The maximum absolute atomic E-state index is 11.8. The third-order valence-corrected chi connectivity index (χ3v) is 6.72. The van der Waals surface area contributed by atoms with Gasteiger partial charge in [0.1, 0.15) is 9.84 Å². The summed E-state index contributed by atoms with van der Waals surface area (Å²) in [7, 11) is -2.99. The zero-order chi connectivity index (χ0) is 15.6. The van der Waals surface area contributed by atoms with Crippen molar-refractivity contribution in [2.24, 2.45) is 11.8 Å². The SMILES string of the molecule is CS(=O)(=O)C1CCCC(C(NN)c2cc(Br)cc(Br)c2)C1. The minimum atomic E-state index is -2.99. The number of rotatable bonds is 4. The van der Waals surface area contributed by atoms with Gasteiger partial charge in [-0.3, -0.25) is 11.3 Å². The van der Waals surface area contributed by atoms with E-state index in [1.54, 1.807) is 0 Å². The number of nitrogens with two attached hydrogens (primary N) is 1. The first-order valence-electron chi connectivity index (χ1n) is 6.92. The number of hydrogen-bond donors (Lipinski definition) is 2. The van der Waals surface area contributed by atoms with Crippen LogP contribution in [0.5, 0.6) is 0 Å². The first-order valence-corrected chi connectivity index (χ1v) is 10.5. The molecule has 1 aromatic rings. The Hall–Kier alpha value is 0.0500. The van der Waals surface area contributed by atoms with Gasteiger partial charge in [-0.15, -0.1) is 0 Å². The summed E-state index contributed by atoms with van der Waals surface area (Å²) in [6.45, 7) is 0. The average molecular weight is 440 g/mol. The Morgan fingerprint density at radius 3 is 2.38 bits per heavy atom. The summed E-state index contributed by atoms with van der Waals surface area (Å²) in [6.07, 6.45) is 4.67. The molecule has 0 radical (unpaired) electrons. The topological polar surface area (TPSA) is 72.2 Å². The van der Waals surface area contributed by atoms with Gasteiger partial charge in [-0.1, -0.05) is 38.3 Å². The van der Waals surface area contributed by atoms with Gasteiger partial charge >= 0.3 is 0 Å². The third-order valence-electron chi connectivity index (χ3n) is 4.17.